The van der Waals surface area contributed by atoms with Crippen molar-refractivity contribution in [2.75, 3.05) is 13.1 Å². The van der Waals surface area contributed by atoms with Gasteiger partial charge in [-0.1, -0.05) is 57.5 Å². The summed E-state index contributed by atoms with van der Waals surface area (Å²) in [5, 5.41) is 0. The molecule has 16 heavy (non-hydrogen) atoms. The lowest BCUT2D eigenvalue weighted by molar-refractivity contribution is -0.00000349. The van der Waals surface area contributed by atoms with Crippen LogP contribution in [0.3, 0.4) is 0 Å². The highest BCUT2D eigenvalue weighted by Gasteiger charge is 1.99. The van der Waals surface area contributed by atoms with Crippen molar-refractivity contribution in [1.29, 1.82) is 0 Å². The van der Waals surface area contributed by atoms with Crippen LogP contribution in [0, 0.1) is 6.92 Å². The van der Waals surface area contributed by atoms with Gasteiger partial charge in [-0.2, -0.15) is 0 Å². The Bertz CT molecular complexity index is 239. The summed E-state index contributed by atoms with van der Waals surface area (Å²) in [5.41, 5.74) is 2.75. The van der Waals surface area contributed by atoms with E-state index < -0.39 is 0 Å². The fraction of sp³-hybridized carbons (Fsp3) is 0.571. The molecular weight excluding hydrogens is 309 g/mol. The smallest absolute Gasteiger partial charge is 0.0233 e. The van der Waals surface area contributed by atoms with Crippen LogP contribution in [-0.2, 0) is 6.54 Å². The largest absolute Gasteiger partial charge is 1.00 e. The minimum absolute atomic E-state index is 0. The first-order valence-electron chi connectivity index (χ1n) is 6.04. The third-order valence-electron chi connectivity index (χ3n) is 2.42. The summed E-state index contributed by atoms with van der Waals surface area (Å²) in [4.78, 5) is 2.42. The number of halogens is 1. The van der Waals surface area contributed by atoms with Crippen LogP contribution in [0.1, 0.15) is 38.8 Å². The second-order valence-electron chi connectivity index (χ2n) is 3.45. The maximum atomic E-state index is 2.42. The van der Waals surface area contributed by atoms with Crippen molar-refractivity contribution in [3.8, 4) is 0 Å². The fourth-order valence-electron chi connectivity index (χ4n) is 1.40. The van der Waals surface area contributed by atoms with Crippen LogP contribution in [0.4, 0.5) is 0 Å². The van der Waals surface area contributed by atoms with Gasteiger partial charge < -0.3 is 24.0 Å². The summed E-state index contributed by atoms with van der Waals surface area (Å²) >= 11 is 0. The van der Waals surface area contributed by atoms with Crippen molar-refractivity contribution in [1.82, 2.24) is 4.90 Å². The quantitative estimate of drug-likeness (QED) is 0.739. The van der Waals surface area contributed by atoms with Gasteiger partial charge in [0, 0.05) is 6.54 Å². The van der Waals surface area contributed by atoms with Crippen molar-refractivity contribution in [2.24, 2.45) is 0 Å². The molecule has 0 aliphatic rings. The van der Waals surface area contributed by atoms with E-state index in [-0.39, 0.29) is 24.0 Å². The summed E-state index contributed by atoms with van der Waals surface area (Å²) in [6.45, 7) is 13.9. The van der Waals surface area contributed by atoms with Gasteiger partial charge in [0.15, 0.2) is 0 Å². The van der Waals surface area contributed by atoms with Gasteiger partial charge in [-0.3, -0.25) is 4.90 Å². The molecule has 1 nitrogen and oxygen atoms in total. The van der Waals surface area contributed by atoms with Crippen molar-refractivity contribution in [2.45, 2.75) is 41.2 Å². The lowest BCUT2D eigenvalue weighted by Gasteiger charge is -2.17. The first-order valence-corrected chi connectivity index (χ1v) is 6.04. The lowest BCUT2D eigenvalue weighted by atomic mass is 10.1. The first kappa shape index (κ1) is 18.3. The maximum absolute atomic E-state index is 2.42. The van der Waals surface area contributed by atoms with Crippen LogP contribution < -0.4 is 24.0 Å². The number of hydrogen-bond acceptors (Lipinski definition) is 1. The van der Waals surface area contributed by atoms with E-state index in [0.717, 1.165) is 19.6 Å². The molecular formula is C14H25IN-. The highest BCUT2D eigenvalue weighted by atomic mass is 127. The molecule has 0 amide bonds. The minimum Gasteiger partial charge on any atom is -1.00 e. The van der Waals surface area contributed by atoms with Crippen LogP contribution >= 0.6 is 0 Å². The Morgan fingerprint density at radius 3 is 1.75 bits per heavy atom. The molecule has 1 aromatic carbocycles. The maximum Gasteiger partial charge on any atom is 0.0233 e. The topological polar surface area (TPSA) is 3.24 Å². The van der Waals surface area contributed by atoms with E-state index in [2.05, 4.69) is 49.9 Å². The van der Waals surface area contributed by atoms with Crippen LogP contribution in [0.15, 0.2) is 24.3 Å². The Hall–Kier alpha value is -0.0900. The molecule has 0 aromatic heterocycles. The summed E-state index contributed by atoms with van der Waals surface area (Å²) in [7, 11) is 0. The standard InChI is InChI=1S/C12H19N.C2H6.HI/c1-4-13(5-2)10-12-8-6-11(3)7-9-12;1-2;/h6-9H,4-5,10H2,1-3H3;1-2H3;1H/p-1. The summed E-state index contributed by atoms with van der Waals surface area (Å²) in [5.74, 6) is 0. The van der Waals surface area contributed by atoms with Crippen molar-refractivity contribution < 1.29 is 24.0 Å². The molecule has 0 saturated carbocycles. The SMILES string of the molecule is CC.CCN(CC)Cc1ccc(C)cc1.[I-]. The molecule has 94 valence electrons. The van der Waals surface area contributed by atoms with Crippen molar-refractivity contribution >= 4 is 0 Å². The number of benzene rings is 1. The molecule has 0 bridgehead atoms. The van der Waals surface area contributed by atoms with Gasteiger partial charge in [0.05, 0.1) is 0 Å². The zero-order chi connectivity index (χ0) is 11.7. The summed E-state index contributed by atoms with van der Waals surface area (Å²) < 4.78 is 0. The van der Waals surface area contributed by atoms with Gasteiger partial charge in [0.2, 0.25) is 0 Å². The van der Waals surface area contributed by atoms with Gasteiger partial charge in [0.1, 0.15) is 0 Å². The Morgan fingerprint density at radius 1 is 0.938 bits per heavy atom. The molecule has 0 fully saturated rings. The molecule has 0 atom stereocenters. The first-order chi connectivity index (χ1) is 7.26. The molecule has 1 rings (SSSR count). The summed E-state index contributed by atoms with van der Waals surface area (Å²) in [6, 6.07) is 8.79. The zero-order valence-electron chi connectivity index (χ0n) is 11.3. The van der Waals surface area contributed by atoms with Crippen LogP contribution in [0.5, 0.6) is 0 Å². The third-order valence-corrected chi connectivity index (χ3v) is 2.42. The molecule has 2 heteroatoms. The van der Waals surface area contributed by atoms with Gasteiger partial charge in [-0.25, -0.2) is 0 Å². The molecule has 0 N–H and O–H groups in total. The van der Waals surface area contributed by atoms with E-state index >= 15 is 0 Å². The van der Waals surface area contributed by atoms with Crippen molar-refractivity contribution in [3.05, 3.63) is 35.4 Å². The Kier molecular flexibility index (Phi) is 13.0. The number of rotatable bonds is 4. The molecule has 0 unspecified atom stereocenters. The molecule has 0 saturated heterocycles. The number of aryl methyl sites for hydroxylation is 1. The molecule has 0 aliphatic heterocycles. The van der Waals surface area contributed by atoms with Gasteiger partial charge >= 0.3 is 0 Å². The fourth-order valence-corrected chi connectivity index (χ4v) is 1.40. The van der Waals surface area contributed by atoms with E-state index in [9.17, 15) is 0 Å². The van der Waals surface area contributed by atoms with Crippen LogP contribution in [0.25, 0.3) is 0 Å². The van der Waals surface area contributed by atoms with Crippen LogP contribution in [0.2, 0.25) is 0 Å². The second-order valence-corrected chi connectivity index (χ2v) is 3.45. The van der Waals surface area contributed by atoms with E-state index in [1.807, 2.05) is 13.8 Å². The number of hydrogen-bond donors (Lipinski definition) is 0. The van der Waals surface area contributed by atoms with Gasteiger partial charge in [-0.05, 0) is 25.6 Å². The predicted octanol–water partition coefficient (Wildman–Crippen LogP) is 0.867. The van der Waals surface area contributed by atoms with Crippen LogP contribution in [-0.4, -0.2) is 18.0 Å². The molecule has 0 spiro atoms. The second kappa shape index (κ2) is 11.4. The van der Waals surface area contributed by atoms with E-state index in [4.69, 9.17) is 0 Å². The lowest BCUT2D eigenvalue weighted by Crippen LogP contribution is -3.00. The minimum atomic E-state index is 0. The van der Waals surface area contributed by atoms with Gasteiger partial charge in [0.25, 0.3) is 0 Å². The zero-order valence-corrected chi connectivity index (χ0v) is 13.4. The molecule has 1 aromatic rings. The number of nitrogens with zero attached hydrogens (tertiary/aromatic N) is 1. The van der Waals surface area contributed by atoms with E-state index in [1.165, 1.54) is 11.1 Å². The Labute approximate surface area is 118 Å². The van der Waals surface area contributed by atoms with Crippen molar-refractivity contribution in [3.63, 3.8) is 0 Å². The average molecular weight is 334 g/mol. The molecule has 0 radical (unpaired) electrons. The Balaban J connectivity index is 0. The third kappa shape index (κ3) is 7.23. The molecule has 0 aliphatic carbocycles. The monoisotopic (exact) mass is 334 g/mol. The van der Waals surface area contributed by atoms with Gasteiger partial charge in [-0.15, -0.1) is 0 Å². The van der Waals surface area contributed by atoms with E-state index in [1.54, 1.807) is 0 Å². The Morgan fingerprint density at radius 2 is 1.38 bits per heavy atom. The average Bonchev–Trinajstić information content (AvgIpc) is 2.31. The predicted molar refractivity (Wildman–Crippen MR) is 69.2 cm³/mol. The molecule has 0 heterocycles. The normalized spacial score (nSPS) is 9.12. The van der Waals surface area contributed by atoms with E-state index in [0.29, 0.717) is 0 Å². The highest BCUT2D eigenvalue weighted by molar-refractivity contribution is 5.21. The highest BCUT2D eigenvalue weighted by Crippen LogP contribution is 2.06. The summed E-state index contributed by atoms with van der Waals surface area (Å²) in [6.07, 6.45) is 0.